The van der Waals surface area contributed by atoms with Crippen LogP contribution in [-0.2, 0) is 0 Å². The summed E-state index contributed by atoms with van der Waals surface area (Å²) in [6, 6.07) is 3.93. The molecular formula is C16H24F3N3S. The van der Waals surface area contributed by atoms with E-state index in [4.69, 9.17) is 0 Å². The summed E-state index contributed by atoms with van der Waals surface area (Å²) in [4.78, 5) is 5.42. The third kappa shape index (κ3) is 5.41. The van der Waals surface area contributed by atoms with Crippen LogP contribution < -0.4 is 10.6 Å². The minimum Gasteiger partial charge on any atom is -0.356 e. The lowest BCUT2D eigenvalue weighted by molar-refractivity contribution is -0.183. The standard InChI is InChI=1S/C16H24F3N3S/c1-11(14-7-4-8-23-14)10-21-15(20-2)22-13-6-3-5-12(9-13)16(17,18)19/h4,7-8,11-13H,3,5-6,9-10H2,1-2H3,(H2,20,21,22). The second-order valence-corrected chi connectivity index (χ2v) is 7.10. The second-order valence-electron chi connectivity index (χ2n) is 6.12. The minimum absolute atomic E-state index is 0.130. The molecule has 0 aliphatic heterocycles. The molecule has 2 N–H and O–H groups in total. The summed E-state index contributed by atoms with van der Waals surface area (Å²) in [6.45, 7) is 2.82. The Balaban J connectivity index is 1.82. The third-order valence-electron chi connectivity index (χ3n) is 4.31. The van der Waals surface area contributed by atoms with Gasteiger partial charge in [0.15, 0.2) is 5.96 Å². The topological polar surface area (TPSA) is 36.4 Å². The van der Waals surface area contributed by atoms with Crippen molar-refractivity contribution in [1.82, 2.24) is 10.6 Å². The van der Waals surface area contributed by atoms with Crippen molar-refractivity contribution in [2.24, 2.45) is 10.9 Å². The highest BCUT2D eigenvalue weighted by Gasteiger charge is 2.42. The van der Waals surface area contributed by atoms with E-state index in [1.807, 2.05) is 11.4 Å². The number of nitrogens with zero attached hydrogens (tertiary/aromatic N) is 1. The minimum atomic E-state index is -4.09. The number of guanidine groups is 1. The Morgan fingerprint density at radius 2 is 2.22 bits per heavy atom. The lowest BCUT2D eigenvalue weighted by Crippen LogP contribution is -2.47. The molecule has 0 bridgehead atoms. The molecule has 1 aliphatic carbocycles. The maximum atomic E-state index is 12.9. The summed E-state index contributed by atoms with van der Waals surface area (Å²) < 4.78 is 38.6. The Morgan fingerprint density at radius 1 is 1.43 bits per heavy atom. The molecule has 0 saturated heterocycles. The fraction of sp³-hybridized carbons (Fsp3) is 0.688. The predicted octanol–water partition coefficient (Wildman–Crippen LogP) is 4.14. The zero-order valence-corrected chi connectivity index (χ0v) is 14.3. The van der Waals surface area contributed by atoms with Gasteiger partial charge in [0.1, 0.15) is 0 Å². The van der Waals surface area contributed by atoms with Gasteiger partial charge in [0.25, 0.3) is 0 Å². The van der Waals surface area contributed by atoms with E-state index in [1.54, 1.807) is 18.4 Å². The van der Waals surface area contributed by atoms with Crippen molar-refractivity contribution in [3.8, 4) is 0 Å². The van der Waals surface area contributed by atoms with Gasteiger partial charge in [-0.1, -0.05) is 19.4 Å². The number of nitrogens with one attached hydrogen (secondary N) is 2. The number of hydrogen-bond acceptors (Lipinski definition) is 2. The molecular weight excluding hydrogens is 323 g/mol. The SMILES string of the molecule is CN=C(NCC(C)c1cccs1)NC1CCCC(C(F)(F)F)C1. The second kappa shape index (κ2) is 8.04. The van der Waals surface area contributed by atoms with Crippen molar-refractivity contribution in [3.05, 3.63) is 22.4 Å². The summed E-state index contributed by atoms with van der Waals surface area (Å²) in [5, 5.41) is 8.41. The van der Waals surface area contributed by atoms with E-state index in [0.29, 0.717) is 24.8 Å². The fourth-order valence-electron chi connectivity index (χ4n) is 2.93. The van der Waals surface area contributed by atoms with Crippen LogP contribution in [0.5, 0.6) is 0 Å². The van der Waals surface area contributed by atoms with E-state index in [-0.39, 0.29) is 18.9 Å². The molecule has 1 heterocycles. The normalized spacial score (nSPS) is 24.3. The van der Waals surface area contributed by atoms with E-state index in [9.17, 15) is 13.2 Å². The average molecular weight is 347 g/mol. The molecule has 0 amide bonds. The molecule has 3 nitrogen and oxygen atoms in total. The Bertz CT molecular complexity index is 499. The maximum Gasteiger partial charge on any atom is 0.391 e. The lowest BCUT2D eigenvalue weighted by Gasteiger charge is -2.32. The highest BCUT2D eigenvalue weighted by Crippen LogP contribution is 2.37. The van der Waals surface area contributed by atoms with Crippen LogP contribution in [0.2, 0.25) is 0 Å². The molecule has 3 atom stereocenters. The molecule has 1 aromatic rings. The Labute approximate surface area is 139 Å². The molecule has 0 spiro atoms. The van der Waals surface area contributed by atoms with Gasteiger partial charge in [0.2, 0.25) is 0 Å². The Hall–Kier alpha value is -1.24. The van der Waals surface area contributed by atoms with E-state index in [1.165, 1.54) is 4.88 Å². The molecule has 2 rings (SSSR count). The van der Waals surface area contributed by atoms with Crippen molar-refractivity contribution in [2.75, 3.05) is 13.6 Å². The predicted molar refractivity (Wildman–Crippen MR) is 89.0 cm³/mol. The largest absolute Gasteiger partial charge is 0.391 e. The van der Waals surface area contributed by atoms with Gasteiger partial charge in [-0.3, -0.25) is 4.99 Å². The van der Waals surface area contributed by atoms with Gasteiger partial charge in [0.05, 0.1) is 5.92 Å². The highest BCUT2D eigenvalue weighted by atomic mass is 32.1. The van der Waals surface area contributed by atoms with Crippen molar-refractivity contribution >= 4 is 17.3 Å². The van der Waals surface area contributed by atoms with Gasteiger partial charge >= 0.3 is 6.18 Å². The van der Waals surface area contributed by atoms with Crippen molar-refractivity contribution < 1.29 is 13.2 Å². The Kier molecular flexibility index (Phi) is 6.33. The van der Waals surface area contributed by atoms with E-state index >= 15 is 0 Å². The van der Waals surface area contributed by atoms with Gasteiger partial charge in [-0.05, 0) is 30.7 Å². The van der Waals surface area contributed by atoms with Crippen molar-refractivity contribution in [1.29, 1.82) is 0 Å². The quantitative estimate of drug-likeness (QED) is 0.634. The van der Waals surface area contributed by atoms with Crippen molar-refractivity contribution in [3.63, 3.8) is 0 Å². The van der Waals surface area contributed by atoms with Crippen LogP contribution in [0.15, 0.2) is 22.5 Å². The van der Waals surface area contributed by atoms with E-state index in [2.05, 4.69) is 28.6 Å². The van der Waals surface area contributed by atoms with Crippen LogP contribution in [-0.4, -0.2) is 31.8 Å². The summed E-state index contributed by atoms with van der Waals surface area (Å²) >= 11 is 1.70. The van der Waals surface area contributed by atoms with Crippen LogP contribution in [0.4, 0.5) is 13.2 Å². The van der Waals surface area contributed by atoms with Crippen LogP contribution in [0.25, 0.3) is 0 Å². The number of halogens is 3. The maximum absolute atomic E-state index is 12.9. The Morgan fingerprint density at radius 3 is 2.83 bits per heavy atom. The van der Waals surface area contributed by atoms with Gasteiger partial charge in [-0.15, -0.1) is 11.3 Å². The first-order valence-corrected chi connectivity index (χ1v) is 8.85. The number of aliphatic imine (C=N–C) groups is 1. The van der Waals surface area contributed by atoms with Crippen LogP contribution >= 0.6 is 11.3 Å². The van der Waals surface area contributed by atoms with Crippen molar-refractivity contribution in [2.45, 2.75) is 50.7 Å². The van der Waals surface area contributed by atoms with Gasteiger partial charge in [-0.2, -0.15) is 13.2 Å². The molecule has 0 aromatic carbocycles. The lowest BCUT2D eigenvalue weighted by atomic mass is 9.85. The highest BCUT2D eigenvalue weighted by molar-refractivity contribution is 7.10. The fourth-order valence-corrected chi connectivity index (χ4v) is 3.72. The van der Waals surface area contributed by atoms with Gasteiger partial charge in [-0.25, -0.2) is 0 Å². The molecule has 23 heavy (non-hydrogen) atoms. The molecule has 7 heteroatoms. The van der Waals surface area contributed by atoms with E-state index < -0.39 is 12.1 Å². The summed E-state index contributed by atoms with van der Waals surface area (Å²) in [5.41, 5.74) is 0. The first-order chi connectivity index (χ1) is 10.9. The number of alkyl halides is 3. The van der Waals surface area contributed by atoms with Gasteiger partial charge < -0.3 is 10.6 Å². The van der Waals surface area contributed by atoms with E-state index in [0.717, 1.165) is 6.42 Å². The molecule has 0 radical (unpaired) electrons. The number of thiophene rings is 1. The van der Waals surface area contributed by atoms with Crippen LogP contribution in [0, 0.1) is 5.92 Å². The zero-order valence-electron chi connectivity index (χ0n) is 13.5. The molecule has 3 unspecified atom stereocenters. The van der Waals surface area contributed by atoms with Gasteiger partial charge in [0, 0.05) is 30.4 Å². The zero-order chi connectivity index (χ0) is 16.9. The monoisotopic (exact) mass is 347 g/mol. The third-order valence-corrected chi connectivity index (χ3v) is 5.41. The van der Waals surface area contributed by atoms with Crippen LogP contribution in [0.1, 0.15) is 43.4 Å². The molecule has 1 saturated carbocycles. The molecule has 1 aromatic heterocycles. The number of rotatable bonds is 4. The molecule has 130 valence electrons. The molecule has 1 aliphatic rings. The smallest absolute Gasteiger partial charge is 0.356 e. The van der Waals surface area contributed by atoms with Crippen LogP contribution in [0.3, 0.4) is 0 Å². The molecule has 1 fully saturated rings. The summed E-state index contributed by atoms with van der Waals surface area (Å²) in [5.74, 6) is -0.277. The number of hydrogen-bond donors (Lipinski definition) is 2. The average Bonchev–Trinajstić information content (AvgIpc) is 3.05. The first-order valence-electron chi connectivity index (χ1n) is 7.97. The summed E-state index contributed by atoms with van der Waals surface area (Å²) in [7, 11) is 1.65. The summed E-state index contributed by atoms with van der Waals surface area (Å²) in [6.07, 6.45) is -2.36. The first kappa shape index (κ1) is 18.1.